The number of hydrogen-bond acceptors (Lipinski definition) is 6. The molecule has 110 valence electrons. The van der Waals surface area contributed by atoms with Crippen LogP contribution in [0, 0.1) is 10.1 Å². The van der Waals surface area contributed by atoms with Gasteiger partial charge in [0.1, 0.15) is 13.2 Å². The van der Waals surface area contributed by atoms with E-state index in [1.807, 2.05) is 12.1 Å². The summed E-state index contributed by atoms with van der Waals surface area (Å²) in [5.41, 5.74) is 1.72. The van der Waals surface area contributed by atoms with Crippen molar-refractivity contribution in [1.82, 2.24) is 0 Å². The minimum Gasteiger partial charge on any atom is -0.486 e. The first-order valence-corrected chi connectivity index (χ1v) is 7.85. The largest absolute Gasteiger partial charge is 0.486 e. The zero-order chi connectivity index (χ0) is 14.8. The Balaban J connectivity index is 1.73. The normalized spacial score (nSPS) is 13.0. The summed E-state index contributed by atoms with van der Waals surface area (Å²) in [4.78, 5) is 10.3. The van der Waals surface area contributed by atoms with Crippen molar-refractivity contribution in [3.8, 4) is 11.5 Å². The predicted molar refractivity (Wildman–Crippen MR) is 83.4 cm³/mol. The number of ether oxygens (including phenoxy) is 2. The van der Waals surface area contributed by atoms with Crippen molar-refractivity contribution >= 4 is 38.0 Å². The van der Waals surface area contributed by atoms with Gasteiger partial charge in [0.05, 0.1) is 10.6 Å². The third-order valence-electron chi connectivity index (χ3n) is 2.93. The van der Waals surface area contributed by atoms with Crippen LogP contribution >= 0.6 is 27.3 Å². The first-order chi connectivity index (χ1) is 10.1. The Morgan fingerprint density at radius 2 is 2.00 bits per heavy atom. The summed E-state index contributed by atoms with van der Waals surface area (Å²) in [6, 6.07) is 5.29. The zero-order valence-corrected chi connectivity index (χ0v) is 13.2. The van der Waals surface area contributed by atoms with Crippen molar-refractivity contribution < 1.29 is 14.4 Å². The fourth-order valence-electron chi connectivity index (χ4n) is 1.95. The monoisotopic (exact) mass is 370 g/mol. The summed E-state index contributed by atoms with van der Waals surface area (Å²) in [7, 11) is 0. The number of nitrogens with one attached hydrogen (secondary N) is 1. The topological polar surface area (TPSA) is 73.6 Å². The number of hydrogen-bond donors (Lipinski definition) is 1. The molecule has 21 heavy (non-hydrogen) atoms. The van der Waals surface area contributed by atoms with Crippen LogP contribution in [0.25, 0.3) is 0 Å². The van der Waals surface area contributed by atoms with E-state index in [-0.39, 0.29) is 9.92 Å². The van der Waals surface area contributed by atoms with E-state index >= 15 is 0 Å². The van der Waals surface area contributed by atoms with Crippen LogP contribution in [-0.2, 0) is 6.54 Å². The molecule has 0 spiro atoms. The molecule has 0 saturated heterocycles. The van der Waals surface area contributed by atoms with Gasteiger partial charge in [-0.05, 0) is 21.5 Å². The van der Waals surface area contributed by atoms with E-state index in [0.717, 1.165) is 27.1 Å². The van der Waals surface area contributed by atoms with Gasteiger partial charge in [-0.1, -0.05) is 11.3 Å². The SMILES string of the molecule is O=[N+]([O-])c1cc(CNc2cc3c(cc2Br)OCCO3)cs1. The lowest BCUT2D eigenvalue weighted by Crippen LogP contribution is -2.15. The summed E-state index contributed by atoms with van der Waals surface area (Å²) < 4.78 is 11.9. The van der Waals surface area contributed by atoms with Crippen LogP contribution in [0.3, 0.4) is 0 Å². The van der Waals surface area contributed by atoms with E-state index in [2.05, 4.69) is 21.2 Å². The number of benzene rings is 1. The highest BCUT2D eigenvalue weighted by Gasteiger charge is 2.15. The smallest absolute Gasteiger partial charge is 0.324 e. The van der Waals surface area contributed by atoms with Crippen molar-refractivity contribution in [3.05, 3.63) is 43.7 Å². The van der Waals surface area contributed by atoms with Crippen LogP contribution in [0.15, 0.2) is 28.1 Å². The Labute approximate surface area is 133 Å². The Kier molecular flexibility index (Phi) is 3.98. The highest BCUT2D eigenvalue weighted by molar-refractivity contribution is 9.10. The van der Waals surface area contributed by atoms with Crippen LogP contribution in [0.5, 0.6) is 11.5 Å². The molecule has 6 nitrogen and oxygen atoms in total. The van der Waals surface area contributed by atoms with Crippen molar-refractivity contribution in [2.45, 2.75) is 6.54 Å². The molecule has 1 aromatic carbocycles. The molecule has 1 aliphatic rings. The van der Waals surface area contributed by atoms with Gasteiger partial charge in [0.15, 0.2) is 11.5 Å². The molecule has 8 heteroatoms. The van der Waals surface area contributed by atoms with E-state index in [4.69, 9.17) is 9.47 Å². The third-order valence-corrected chi connectivity index (χ3v) is 4.52. The maximum absolute atomic E-state index is 10.7. The molecule has 1 aromatic heterocycles. The number of anilines is 1. The maximum atomic E-state index is 10.7. The molecule has 2 heterocycles. The molecule has 1 N–H and O–H groups in total. The molecule has 0 amide bonds. The van der Waals surface area contributed by atoms with Crippen LogP contribution in [0.2, 0.25) is 0 Å². The van der Waals surface area contributed by atoms with Gasteiger partial charge in [-0.15, -0.1) is 0 Å². The zero-order valence-electron chi connectivity index (χ0n) is 10.8. The summed E-state index contributed by atoms with van der Waals surface area (Å²) in [5, 5.41) is 15.8. The Morgan fingerprint density at radius 3 is 2.67 bits per heavy atom. The van der Waals surface area contributed by atoms with Crippen molar-refractivity contribution in [1.29, 1.82) is 0 Å². The van der Waals surface area contributed by atoms with Crippen LogP contribution in [0.1, 0.15) is 5.56 Å². The van der Waals surface area contributed by atoms with E-state index < -0.39 is 0 Å². The number of halogens is 1. The molecule has 0 aliphatic carbocycles. The number of nitrogens with zero attached hydrogens (tertiary/aromatic N) is 1. The second-order valence-corrected chi connectivity index (χ2v) is 6.12. The fraction of sp³-hybridized carbons (Fsp3) is 0.231. The van der Waals surface area contributed by atoms with Gasteiger partial charge in [-0.2, -0.15) is 0 Å². The van der Waals surface area contributed by atoms with Gasteiger partial charge in [0, 0.05) is 34.6 Å². The molecule has 3 rings (SSSR count). The van der Waals surface area contributed by atoms with Gasteiger partial charge >= 0.3 is 5.00 Å². The van der Waals surface area contributed by atoms with E-state index in [1.165, 1.54) is 0 Å². The lowest BCUT2D eigenvalue weighted by Gasteiger charge is -2.20. The lowest BCUT2D eigenvalue weighted by molar-refractivity contribution is -0.380. The molecule has 0 fully saturated rings. The molecule has 1 aliphatic heterocycles. The predicted octanol–water partition coefficient (Wildman–Crippen LogP) is 3.80. The van der Waals surface area contributed by atoms with Crippen LogP contribution in [-0.4, -0.2) is 18.1 Å². The Morgan fingerprint density at radius 1 is 1.29 bits per heavy atom. The average Bonchev–Trinajstić information content (AvgIpc) is 2.94. The molecule has 0 saturated carbocycles. The highest BCUT2D eigenvalue weighted by Crippen LogP contribution is 2.38. The standard InChI is InChI=1S/C13H11BrN2O4S/c14-9-4-11-12(20-2-1-19-11)5-10(9)15-6-8-3-13(16(17)18)21-7-8/h3-5,7,15H,1-2,6H2. The van der Waals surface area contributed by atoms with Gasteiger partial charge < -0.3 is 14.8 Å². The quantitative estimate of drug-likeness (QED) is 0.654. The average molecular weight is 371 g/mol. The van der Waals surface area contributed by atoms with Crippen molar-refractivity contribution in [3.63, 3.8) is 0 Å². The summed E-state index contributed by atoms with van der Waals surface area (Å²) in [6.45, 7) is 1.58. The third kappa shape index (κ3) is 3.11. The number of fused-ring (bicyclic) bond motifs is 1. The van der Waals surface area contributed by atoms with Crippen molar-refractivity contribution in [2.75, 3.05) is 18.5 Å². The fourth-order valence-corrected chi connectivity index (χ4v) is 3.14. The van der Waals surface area contributed by atoms with Gasteiger partial charge in [0.2, 0.25) is 0 Å². The number of thiophene rings is 1. The number of rotatable bonds is 4. The van der Waals surface area contributed by atoms with E-state index in [9.17, 15) is 10.1 Å². The van der Waals surface area contributed by atoms with E-state index in [0.29, 0.717) is 31.3 Å². The lowest BCUT2D eigenvalue weighted by atomic mass is 10.2. The second-order valence-electron chi connectivity index (χ2n) is 4.38. The molecule has 0 radical (unpaired) electrons. The van der Waals surface area contributed by atoms with Gasteiger partial charge in [-0.25, -0.2) is 0 Å². The summed E-state index contributed by atoms with van der Waals surface area (Å²) in [5.74, 6) is 1.41. The molecule has 0 bridgehead atoms. The van der Waals surface area contributed by atoms with Gasteiger partial charge in [0.25, 0.3) is 0 Å². The summed E-state index contributed by atoms with van der Waals surface area (Å²) in [6.07, 6.45) is 0. The number of nitro groups is 1. The van der Waals surface area contributed by atoms with Crippen LogP contribution in [0.4, 0.5) is 10.7 Å². The molecule has 0 atom stereocenters. The first-order valence-electron chi connectivity index (χ1n) is 6.18. The van der Waals surface area contributed by atoms with Crippen LogP contribution < -0.4 is 14.8 Å². The maximum Gasteiger partial charge on any atom is 0.324 e. The van der Waals surface area contributed by atoms with Gasteiger partial charge in [-0.3, -0.25) is 10.1 Å². The molecule has 0 unspecified atom stereocenters. The molecular formula is C13H11BrN2O4S. The van der Waals surface area contributed by atoms with E-state index in [1.54, 1.807) is 11.4 Å². The first kappa shape index (κ1) is 14.2. The minimum absolute atomic E-state index is 0.146. The molecule has 2 aromatic rings. The Hall–Kier alpha value is -1.80. The summed E-state index contributed by atoms with van der Waals surface area (Å²) >= 11 is 4.60. The minimum atomic E-state index is -0.381. The second kappa shape index (κ2) is 5.90. The Bertz CT molecular complexity index is 689. The highest BCUT2D eigenvalue weighted by atomic mass is 79.9. The van der Waals surface area contributed by atoms with Crippen molar-refractivity contribution in [2.24, 2.45) is 0 Å². The molecular weight excluding hydrogens is 360 g/mol.